The van der Waals surface area contributed by atoms with Gasteiger partial charge in [0.15, 0.2) is 0 Å². The summed E-state index contributed by atoms with van der Waals surface area (Å²) >= 11 is 0. The van der Waals surface area contributed by atoms with E-state index in [0.717, 1.165) is 19.3 Å². The molecule has 1 atom stereocenters. The molecule has 0 aliphatic heterocycles. The van der Waals surface area contributed by atoms with Gasteiger partial charge in [-0.2, -0.15) is 0 Å². The number of Topliss-reactive ketones (excluding diaryl/α,β-unsaturated/α-hetero) is 1. The lowest BCUT2D eigenvalue weighted by atomic mass is 10.1. The number of rotatable bonds is 5. The number of allylic oxidation sites excluding steroid dienone is 1. The van der Waals surface area contributed by atoms with Crippen LogP contribution in [0.25, 0.3) is 0 Å². The van der Waals surface area contributed by atoms with Gasteiger partial charge in [0.1, 0.15) is 11.7 Å². The van der Waals surface area contributed by atoms with Crippen LogP contribution >= 0.6 is 0 Å². The van der Waals surface area contributed by atoms with Crippen molar-refractivity contribution >= 4 is 11.8 Å². The molecule has 15 heavy (non-hydrogen) atoms. The van der Waals surface area contributed by atoms with E-state index in [1.54, 1.807) is 0 Å². The number of ether oxygens (including phenoxy) is 1. The third kappa shape index (κ3) is 3.86. The molecule has 3 heteroatoms. The molecular formula is C12H18O3. The second-order valence-corrected chi connectivity index (χ2v) is 3.75. The summed E-state index contributed by atoms with van der Waals surface area (Å²) in [7, 11) is 0. The minimum atomic E-state index is -0.472. The van der Waals surface area contributed by atoms with Gasteiger partial charge in [-0.15, -0.1) is 0 Å². The van der Waals surface area contributed by atoms with Crippen LogP contribution in [-0.2, 0) is 14.3 Å². The Hall–Kier alpha value is -1.12. The van der Waals surface area contributed by atoms with E-state index in [2.05, 4.69) is 6.92 Å². The van der Waals surface area contributed by atoms with Gasteiger partial charge in [0, 0.05) is 6.42 Å². The van der Waals surface area contributed by atoms with Crippen LogP contribution in [0.4, 0.5) is 0 Å². The van der Waals surface area contributed by atoms with Crippen LogP contribution in [0.1, 0.15) is 39.0 Å². The molecule has 0 radical (unpaired) electrons. The SMILES string of the molecule is CC/C=C\CCOC(=O)C1CCCC1=O. The fourth-order valence-electron chi connectivity index (χ4n) is 1.68. The lowest BCUT2D eigenvalue weighted by Gasteiger charge is -2.07. The Kier molecular flexibility index (Phi) is 5.08. The first-order valence-corrected chi connectivity index (χ1v) is 5.60. The first kappa shape index (κ1) is 12.0. The molecule has 0 bridgehead atoms. The summed E-state index contributed by atoms with van der Waals surface area (Å²) in [6.45, 7) is 2.44. The van der Waals surface area contributed by atoms with Crippen molar-refractivity contribution in [2.75, 3.05) is 6.61 Å². The van der Waals surface area contributed by atoms with Gasteiger partial charge in [0.05, 0.1) is 6.61 Å². The third-order valence-electron chi connectivity index (χ3n) is 2.52. The maximum atomic E-state index is 11.4. The molecule has 0 amide bonds. The number of hydrogen-bond acceptors (Lipinski definition) is 3. The smallest absolute Gasteiger partial charge is 0.316 e. The van der Waals surface area contributed by atoms with Crippen LogP contribution in [0.5, 0.6) is 0 Å². The Balaban J connectivity index is 2.18. The molecule has 1 aliphatic rings. The molecule has 1 saturated carbocycles. The van der Waals surface area contributed by atoms with E-state index < -0.39 is 5.92 Å². The van der Waals surface area contributed by atoms with Crippen molar-refractivity contribution in [1.29, 1.82) is 0 Å². The third-order valence-corrected chi connectivity index (χ3v) is 2.52. The van der Waals surface area contributed by atoms with Gasteiger partial charge in [-0.25, -0.2) is 0 Å². The van der Waals surface area contributed by atoms with Gasteiger partial charge in [-0.05, 0) is 25.7 Å². The molecule has 0 N–H and O–H groups in total. The summed E-state index contributed by atoms with van der Waals surface area (Å²) in [6, 6.07) is 0. The molecule has 3 nitrogen and oxygen atoms in total. The van der Waals surface area contributed by atoms with Crippen LogP contribution < -0.4 is 0 Å². The van der Waals surface area contributed by atoms with Gasteiger partial charge in [0.2, 0.25) is 0 Å². The van der Waals surface area contributed by atoms with Gasteiger partial charge < -0.3 is 4.74 Å². The van der Waals surface area contributed by atoms with E-state index in [0.29, 0.717) is 19.4 Å². The van der Waals surface area contributed by atoms with E-state index >= 15 is 0 Å². The fourth-order valence-corrected chi connectivity index (χ4v) is 1.68. The van der Waals surface area contributed by atoms with Crippen molar-refractivity contribution in [1.82, 2.24) is 0 Å². The van der Waals surface area contributed by atoms with Gasteiger partial charge in [-0.3, -0.25) is 9.59 Å². The largest absolute Gasteiger partial charge is 0.465 e. The van der Waals surface area contributed by atoms with Crippen LogP contribution in [0.3, 0.4) is 0 Å². The molecule has 0 aromatic rings. The van der Waals surface area contributed by atoms with Gasteiger partial charge in [-0.1, -0.05) is 19.1 Å². The molecule has 0 aromatic heterocycles. The molecule has 0 aromatic carbocycles. The van der Waals surface area contributed by atoms with Crippen molar-refractivity contribution < 1.29 is 14.3 Å². The fraction of sp³-hybridized carbons (Fsp3) is 0.667. The van der Waals surface area contributed by atoms with Gasteiger partial charge >= 0.3 is 5.97 Å². The van der Waals surface area contributed by atoms with E-state index in [1.165, 1.54) is 0 Å². The highest BCUT2D eigenvalue weighted by molar-refractivity contribution is 6.00. The summed E-state index contributed by atoms with van der Waals surface area (Å²) in [5.74, 6) is -0.758. The van der Waals surface area contributed by atoms with Crippen molar-refractivity contribution in [2.24, 2.45) is 5.92 Å². The molecule has 1 unspecified atom stereocenters. The Labute approximate surface area is 90.5 Å². The first-order chi connectivity index (χ1) is 7.25. The summed E-state index contributed by atoms with van der Waals surface area (Å²) < 4.78 is 5.03. The lowest BCUT2D eigenvalue weighted by molar-refractivity contribution is -0.150. The highest BCUT2D eigenvalue weighted by atomic mass is 16.5. The summed E-state index contributed by atoms with van der Waals surface area (Å²) in [6.07, 6.45) is 7.79. The highest BCUT2D eigenvalue weighted by Crippen LogP contribution is 2.22. The Bertz CT molecular complexity index is 256. The Morgan fingerprint density at radius 2 is 2.33 bits per heavy atom. The average molecular weight is 210 g/mol. The number of carbonyl (C=O) groups is 2. The minimum absolute atomic E-state index is 0.0455. The topological polar surface area (TPSA) is 43.4 Å². The lowest BCUT2D eigenvalue weighted by Crippen LogP contribution is -2.21. The predicted octanol–water partition coefficient (Wildman–Crippen LogP) is 2.26. The average Bonchev–Trinajstić information content (AvgIpc) is 2.64. The molecule has 1 aliphatic carbocycles. The quantitative estimate of drug-likeness (QED) is 0.302. The maximum absolute atomic E-state index is 11.4. The van der Waals surface area contributed by atoms with Crippen LogP contribution in [0.2, 0.25) is 0 Å². The van der Waals surface area contributed by atoms with Gasteiger partial charge in [0.25, 0.3) is 0 Å². The molecule has 1 fully saturated rings. The predicted molar refractivity (Wildman–Crippen MR) is 57.4 cm³/mol. The van der Waals surface area contributed by atoms with E-state index in [4.69, 9.17) is 4.74 Å². The highest BCUT2D eigenvalue weighted by Gasteiger charge is 2.31. The zero-order valence-corrected chi connectivity index (χ0v) is 9.20. The van der Waals surface area contributed by atoms with Crippen molar-refractivity contribution in [3.05, 3.63) is 12.2 Å². The standard InChI is InChI=1S/C12H18O3/c1-2-3-4-5-9-15-12(14)10-7-6-8-11(10)13/h3-4,10H,2,5-9H2,1H3/b4-3-. The van der Waals surface area contributed by atoms with Crippen molar-refractivity contribution in [2.45, 2.75) is 39.0 Å². The molecule has 84 valence electrons. The first-order valence-electron chi connectivity index (χ1n) is 5.60. The maximum Gasteiger partial charge on any atom is 0.316 e. The zero-order chi connectivity index (χ0) is 11.1. The molecule has 1 rings (SSSR count). The summed E-state index contributed by atoms with van der Waals surface area (Å²) in [5, 5.41) is 0. The van der Waals surface area contributed by atoms with Crippen LogP contribution in [0, 0.1) is 5.92 Å². The minimum Gasteiger partial charge on any atom is -0.465 e. The Morgan fingerprint density at radius 1 is 1.53 bits per heavy atom. The number of hydrogen-bond donors (Lipinski definition) is 0. The van der Waals surface area contributed by atoms with E-state index in [1.807, 2.05) is 12.2 Å². The number of esters is 1. The van der Waals surface area contributed by atoms with Crippen LogP contribution in [-0.4, -0.2) is 18.4 Å². The second kappa shape index (κ2) is 6.38. The number of carbonyl (C=O) groups excluding carboxylic acids is 2. The molecule has 0 saturated heterocycles. The number of ketones is 1. The zero-order valence-electron chi connectivity index (χ0n) is 9.20. The molecule has 0 heterocycles. The Morgan fingerprint density at radius 3 is 2.93 bits per heavy atom. The van der Waals surface area contributed by atoms with Crippen molar-refractivity contribution in [3.63, 3.8) is 0 Å². The molecular weight excluding hydrogens is 192 g/mol. The van der Waals surface area contributed by atoms with E-state index in [9.17, 15) is 9.59 Å². The van der Waals surface area contributed by atoms with Crippen molar-refractivity contribution in [3.8, 4) is 0 Å². The summed E-state index contributed by atoms with van der Waals surface area (Å²) in [5.41, 5.74) is 0. The normalized spacial score (nSPS) is 21.1. The monoisotopic (exact) mass is 210 g/mol. The second-order valence-electron chi connectivity index (χ2n) is 3.75. The molecule has 0 spiro atoms. The van der Waals surface area contributed by atoms with E-state index in [-0.39, 0.29) is 11.8 Å². The van der Waals surface area contributed by atoms with Crippen LogP contribution in [0.15, 0.2) is 12.2 Å². The summed E-state index contributed by atoms with van der Waals surface area (Å²) in [4.78, 5) is 22.7.